The van der Waals surface area contributed by atoms with Crippen molar-refractivity contribution in [1.82, 2.24) is 9.55 Å². The molecule has 5 nitrogen and oxygen atoms in total. The van der Waals surface area contributed by atoms with Crippen LogP contribution in [0.4, 0.5) is 4.39 Å². The van der Waals surface area contributed by atoms with Crippen LogP contribution in [-0.2, 0) is 0 Å². The van der Waals surface area contributed by atoms with Crippen LogP contribution in [0, 0.1) is 11.7 Å². The molecule has 0 bridgehead atoms. The lowest BCUT2D eigenvalue weighted by Crippen LogP contribution is -2.33. The molecule has 2 N–H and O–H groups in total. The number of aliphatic hydroxyl groups is 1. The SMILES string of the molecule is O=c1[nH]c(=O)n([C@@H]2C[C@H](CO)[C@@H](Cl)C2)cc1F. The normalized spacial score (nSPS) is 28.5. The van der Waals surface area contributed by atoms with Gasteiger partial charge >= 0.3 is 5.69 Å². The largest absolute Gasteiger partial charge is 0.396 e. The highest BCUT2D eigenvalue weighted by molar-refractivity contribution is 6.21. The lowest BCUT2D eigenvalue weighted by atomic mass is 10.1. The molecule has 0 spiro atoms. The number of hydrogen-bond donors (Lipinski definition) is 2. The van der Waals surface area contributed by atoms with Crippen LogP contribution in [0.5, 0.6) is 0 Å². The van der Waals surface area contributed by atoms with Gasteiger partial charge in [-0.3, -0.25) is 14.3 Å². The van der Waals surface area contributed by atoms with Gasteiger partial charge in [0, 0.05) is 23.9 Å². The van der Waals surface area contributed by atoms with Crippen LogP contribution >= 0.6 is 11.6 Å². The maximum atomic E-state index is 13.1. The number of alkyl halides is 1. The molecule has 0 aromatic carbocycles. The molecular weight excluding hydrogens is 251 g/mol. The Labute approximate surface area is 101 Å². The van der Waals surface area contributed by atoms with Gasteiger partial charge < -0.3 is 5.11 Å². The first-order valence-electron chi connectivity index (χ1n) is 5.28. The molecule has 1 aliphatic rings. The van der Waals surface area contributed by atoms with E-state index in [-0.39, 0.29) is 23.9 Å². The lowest BCUT2D eigenvalue weighted by molar-refractivity contribution is 0.227. The molecule has 0 radical (unpaired) electrons. The zero-order valence-corrected chi connectivity index (χ0v) is 9.65. The number of aromatic amines is 1. The number of hydrogen-bond acceptors (Lipinski definition) is 3. The van der Waals surface area contributed by atoms with E-state index in [0.29, 0.717) is 12.8 Å². The highest BCUT2D eigenvalue weighted by atomic mass is 35.5. The Hall–Kier alpha value is -1.14. The summed E-state index contributed by atoms with van der Waals surface area (Å²) in [5.74, 6) is -1.10. The van der Waals surface area contributed by atoms with Crippen LogP contribution in [0.15, 0.2) is 15.8 Å². The molecular formula is C10H12ClFN2O3. The fourth-order valence-corrected chi connectivity index (χ4v) is 2.58. The van der Waals surface area contributed by atoms with Gasteiger partial charge in [-0.25, -0.2) is 4.79 Å². The summed E-state index contributed by atoms with van der Waals surface area (Å²) in [7, 11) is 0. The van der Waals surface area contributed by atoms with Gasteiger partial charge in [0.05, 0.1) is 6.20 Å². The maximum absolute atomic E-state index is 13.1. The number of H-pyrrole nitrogens is 1. The molecule has 1 saturated carbocycles. The third-order valence-corrected chi connectivity index (χ3v) is 3.67. The van der Waals surface area contributed by atoms with Gasteiger partial charge in [0.2, 0.25) is 5.82 Å². The number of aromatic nitrogens is 2. The minimum atomic E-state index is -1.02. The van der Waals surface area contributed by atoms with Crippen LogP contribution < -0.4 is 11.2 Å². The van der Waals surface area contributed by atoms with Gasteiger partial charge in [0.25, 0.3) is 5.56 Å². The number of nitrogens with one attached hydrogen (secondary N) is 1. The summed E-state index contributed by atoms with van der Waals surface area (Å²) in [6.45, 7) is -0.0642. The van der Waals surface area contributed by atoms with E-state index in [2.05, 4.69) is 0 Å². The van der Waals surface area contributed by atoms with Gasteiger partial charge in [0.1, 0.15) is 0 Å². The molecule has 7 heteroatoms. The molecule has 0 unspecified atom stereocenters. The lowest BCUT2D eigenvalue weighted by Gasteiger charge is -2.12. The summed E-state index contributed by atoms with van der Waals surface area (Å²) in [6, 6.07) is -0.284. The Kier molecular flexibility index (Phi) is 3.35. The second kappa shape index (κ2) is 4.62. The first kappa shape index (κ1) is 12.3. The summed E-state index contributed by atoms with van der Waals surface area (Å²) in [6.07, 6.45) is 1.86. The van der Waals surface area contributed by atoms with Crippen LogP contribution in [0.2, 0.25) is 0 Å². The Balaban J connectivity index is 2.34. The van der Waals surface area contributed by atoms with Crippen LogP contribution in [-0.4, -0.2) is 26.6 Å². The predicted octanol–water partition coefficient (Wildman–Crippen LogP) is 0.227. The monoisotopic (exact) mass is 262 g/mol. The van der Waals surface area contributed by atoms with E-state index < -0.39 is 17.1 Å². The second-order valence-corrected chi connectivity index (χ2v) is 4.79. The molecule has 17 heavy (non-hydrogen) atoms. The Morgan fingerprint density at radius 1 is 1.53 bits per heavy atom. The van der Waals surface area contributed by atoms with Crippen LogP contribution in [0.3, 0.4) is 0 Å². The Morgan fingerprint density at radius 3 is 2.82 bits per heavy atom. The Morgan fingerprint density at radius 2 is 2.24 bits per heavy atom. The topological polar surface area (TPSA) is 75.1 Å². The zero-order chi connectivity index (χ0) is 12.6. The van der Waals surface area contributed by atoms with Gasteiger partial charge in [0.15, 0.2) is 0 Å². The highest BCUT2D eigenvalue weighted by Crippen LogP contribution is 2.36. The van der Waals surface area contributed by atoms with Crippen LogP contribution in [0.1, 0.15) is 18.9 Å². The van der Waals surface area contributed by atoms with Crippen molar-refractivity contribution in [3.63, 3.8) is 0 Å². The predicted molar refractivity (Wildman–Crippen MR) is 59.8 cm³/mol. The van der Waals surface area contributed by atoms with Gasteiger partial charge in [-0.1, -0.05) is 0 Å². The van der Waals surface area contributed by atoms with Crippen molar-refractivity contribution >= 4 is 11.6 Å². The maximum Gasteiger partial charge on any atom is 0.328 e. The first-order chi connectivity index (χ1) is 8.02. The van der Waals surface area contributed by atoms with Crippen molar-refractivity contribution in [2.24, 2.45) is 5.92 Å². The average Bonchev–Trinajstić information content (AvgIpc) is 2.65. The molecule has 0 amide bonds. The van der Waals surface area contributed by atoms with E-state index in [0.717, 1.165) is 10.8 Å². The van der Waals surface area contributed by atoms with E-state index in [9.17, 15) is 14.0 Å². The van der Waals surface area contributed by atoms with Crippen molar-refractivity contribution in [2.75, 3.05) is 6.61 Å². The zero-order valence-electron chi connectivity index (χ0n) is 8.90. The molecule has 0 saturated heterocycles. The van der Waals surface area contributed by atoms with E-state index in [1.165, 1.54) is 0 Å². The fourth-order valence-electron chi connectivity index (χ4n) is 2.19. The molecule has 1 fully saturated rings. The molecule has 3 atom stereocenters. The highest BCUT2D eigenvalue weighted by Gasteiger charge is 2.34. The standard InChI is InChI=1S/C10H12ClFN2O3/c11-7-2-6(1-5(7)4-15)14-3-8(12)9(16)13-10(14)17/h3,5-7,15H,1-2,4H2,(H,13,16,17)/t5-,6-,7+/m1/s1. The van der Waals surface area contributed by atoms with Crippen LogP contribution in [0.25, 0.3) is 0 Å². The van der Waals surface area contributed by atoms with Gasteiger partial charge in [-0.05, 0) is 12.8 Å². The first-order valence-corrected chi connectivity index (χ1v) is 5.72. The third-order valence-electron chi connectivity index (χ3n) is 3.14. The number of rotatable bonds is 2. The summed E-state index contributed by atoms with van der Waals surface area (Å²) >= 11 is 6.01. The molecule has 1 aromatic rings. The number of aliphatic hydroxyl groups excluding tert-OH is 1. The van der Waals surface area contributed by atoms with Crippen molar-refractivity contribution in [3.8, 4) is 0 Å². The van der Waals surface area contributed by atoms with Crippen molar-refractivity contribution in [3.05, 3.63) is 32.9 Å². The Bertz CT molecular complexity index is 527. The van der Waals surface area contributed by atoms with Crippen molar-refractivity contribution in [2.45, 2.75) is 24.3 Å². The summed E-state index contributed by atoms with van der Waals surface area (Å²) in [4.78, 5) is 24.3. The quantitative estimate of drug-likeness (QED) is 0.749. The summed E-state index contributed by atoms with van der Waals surface area (Å²) in [5, 5.41) is 8.82. The summed E-state index contributed by atoms with van der Waals surface area (Å²) in [5.41, 5.74) is -1.67. The molecule has 1 heterocycles. The molecule has 2 rings (SSSR count). The van der Waals surface area contributed by atoms with Crippen molar-refractivity contribution < 1.29 is 9.50 Å². The third kappa shape index (κ3) is 2.28. The minimum Gasteiger partial charge on any atom is -0.396 e. The second-order valence-electron chi connectivity index (χ2n) is 4.23. The van der Waals surface area contributed by atoms with Gasteiger partial charge in [-0.15, -0.1) is 11.6 Å². The smallest absolute Gasteiger partial charge is 0.328 e. The van der Waals surface area contributed by atoms with E-state index in [4.69, 9.17) is 16.7 Å². The van der Waals surface area contributed by atoms with Gasteiger partial charge in [-0.2, -0.15) is 4.39 Å². The fraction of sp³-hybridized carbons (Fsp3) is 0.600. The van der Waals surface area contributed by atoms with Crippen molar-refractivity contribution in [1.29, 1.82) is 0 Å². The minimum absolute atomic E-state index is 0.0642. The molecule has 94 valence electrons. The average molecular weight is 263 g/mol. The number of halogens is 2. The molecule has 1 aliphatic carbocycles. The molecule has 0 aliphatic heterocycles. The van der Waals surface area contributed by atoms with E-state index in [1.54, 1.807) is 0 Å². The molecule has 1 aromatic heterocycles. The van der Waals surface area contributed by atoms with E-state index >= 15 is 0 Å². The van der Waals surface area contributed by atoms with E-state index in [1.807, 2.05) is 4.98 Å². The number of nitrogens with zero attached hydrogens (tertiary/aromatic N) is 1. The summed E-state index contributed by atoms with van der Waals surface area (Å²) < 4.78 is 14.2.